The summed E-state index contributed by atoms with van der Waals surface area (Å²) in [6.07, 6.45) is 0.969. The maximum Gasteiger partial charge on any atom is 0.258 e. The number of carbonyl (C=O) groups is 2. The van der Waals surface area contributed by atoms with Crippen molar-refractivity contribution in [3.05, 3.63) is 107 Å². The Bertz CT molecular complexity index is 1370. The van der Waals surface area contributed by atoms with Gasteiger partial charge in [-0.25, -0.2) is 9.38 Å². The van der Waals surface area contributed by atoms with Gasteiger partial charge >= 0.3 is 0 Å². The second kappa shape index (κ2) is 10.4. The second-order valence-corrected chi connectivity index (χ2v) is 9.63. The van der Waals surface area contributed by atoms with Crippen LogP contribution in [0.4, 0.5) is 15.8 Å². The first-order valence-electron chi connectivity index (χ1n) is 11.7. The van der Waals surface area contributed by atoms with Crippen LogP contribution in [0.15, 0.2) is 95.1 Å². The normalized spacial score (nSPS) is 17.2. The molecular weight excluding hydrogens is 475 g/mol. The van der Waals surface area contributed by atoms with E-state index < -0.39 is 11.7 Å². The van der Waals surface area contributed by atoms with Crippen molar-refractivity contribution in [2.45, 2.75) is 19.4 Å². The molecule has 6 nitrogen and oxygen atoms in total. The quantitative estimate of drug-likeness (QED) is 0.462. The smallest absolute Gasteiger partial charge is 0.258 e. The van der Waals surface area contributed by atoms with Gasteiger partial charge in [-0.15, -0.1) is 0 Å². The van der Waals surface area contributed by atoms with Crippen molar-refractivity contribution in [2.24, 2.45) is 4.99 Å². The van der Waals surface area contributed by atoms with Gasteiger partial charge in [-0.2, -0.15) is 0 Å². The SMILES string of the molecule is CC1=C(C(=O)Nc2ccccc2)C(c2cccc(NC(=O)c3ccccc3F)c2)N2CCCSC2=N1. The molecule has 2 aliphatic rings. The summed E-state index contributed by atoms with van der Waals surface area (Å²) < 4.78 is 14.1. The lowest BCUT2D eigenvalue weighted by molar-refractivity contribution is -0.113. The van der Waals surface area contributed by atoms with E-state index in [-0.39, 0.29) is 17.5 Å². The lowest BCUT2D eigenvalue weighted by Gasteiger charge is -2.41. The summed E-state index contributed by atoms with van der Waals surface area (Å²) in [5.74, 6) is -0.357. The molecule has 36 heavy (non-hydrogen) atoms. The molecule has 5 rings (SSSR count). The third kappa shape index (κ3) is 4.90. The fraction of sp³-hybridized carbons (Fsp3) is 0.179. The van der Waals surface area contributed by atoms with Gasteiger partial charge in [0.25, 0.3) is 11.8 Å². The Balaban J connectivity index is 1.49. The van der Waals surface area contributed by atoms with Crippen LogP contribution in [0.1, 0.15) is 35.3 Å². The molecular formula is C28H25FN4O2S. The molecule has 0 aliphatic carbocycles. The van der Waals surface area contributed by atoms with Crippen molar-refractivity contribution in [1.29, 1.82) is 0 Å². The molecule has 0 bridgehead atoms. The molecule has 1 unspecified atom stereocenters. The lowest BCUT2D eigenvalue weighted by atomic mass is 9.93. The molecule has 1 saturated heterocycles. The maximum atomic E-state index is 14.1. The van der Waals surface area contributed by atoms with E-state index in [0.29, 0.717) is 22.6 Å². The van der Waals surface area contributed by atoms with Crippen molar-refractivity contribution < 1.29 is 14.0 Å². The zero-order valence-electron chi connectivity index (χ0n) is 19.7. The van der Waals surface area contributed by atoms with Gasteiger partial charge in [-0.1, -0.05) is 54.2 Å². The molecule has 3 aromatic rings. The van der Waals surface area contributed by atoms with Crippen LogP contribution in [0, 0.1) is 5.82 Å². The van der Waals surface area contributed by atoms with E-state index in [2.05, 4.69) is 15.5 Å². The number of amidine groups is 1. The van der Waals surface area contributed by atoms with Crippen LogP contribution < -0.4 is 10.6 Å². The minimum absolute atomic E-state index is 0.0268. The fourth-order valence-electron chi connectivity index (χ4n) is 4.46. The van der Waals surface area contributed by atoms with E-state index in [1.165, 1.54) is 12.1 Å². The van der Waals surface area contributed by atoms with Crippen molar-refractivity contribution >= 4 is 40.1 Å². The first kappa shape index (κ1) is 23.8. The summed E-state index contributed by atoms with van der Waals surface area (Å²) in [7, 11) is 0. The van der Waals surface area contributed by atoms with Crippen molar-refractivity contribution in [1.82, 2.24) is 4.90 Å². The predicted octanol–water partition coefficient (Wildman–Crippen LogP) is 5.84. The average Bonchev–Trinajstić information content (AvgIpc) is 2.88. The molecule has 1 atom stereocenters. The second-order valence-electron chi connectivity index (χ2n) is 8.57. The number of nitrogens with one attached hydrogen (secondary N) is 2. The largest absolute Gasteiger partial charge is 0.340 e. The molecule has 2 N–H and O–H groups in total. The molecule has 0 saturated carbocycles. The summed E-state index contributed by atoms with van der Waals surface area (Å²) in [6, 6.07) is 22.2. The van der Waals surface area contributed by atoms with Gasteiger partial charge in [0, 0.05) is 23.7 Å². The molecule has 2 aliphatic heterocycles. The first-order chi connectivity index (χ1) is 17.5. The molecule has 1 fully saturated rings. The topological polar surface area (TPSA) is 73.8 Å². The number of hydrogen-bond acceptors (Lipinski definition) is 5. The number of thioether (sulfide) groups is 1. The van der Waals surface area contributed by atoms with Gasteiger partial charge in [0.05, 0.1) is 22.9 Å². The Morgan fingerprint density at radius 1 is 0.944 bits per heavy atom. The Morgan fingerprint density at radius 3 is 2.47 bits per heavy atom. The molecule has 8 heteroatoms. The number of fused-ring (bicyclic) bond motifs is 1. The minimum atomic E-state index is -0.581. The Hall–Kier alpha value is -3.91. The van der Waals surface area contributed by atoms with Crippen molar-refractivity contribution in [3.8, 4) is 0 Å². The highest BCUT2D eigenvalue weighted by Gasteiger charge is 2.37. The number of para-hydroxylation sites is 1. The number of benzene rings is 3. The minimum Gasteiger partial charge on any atom is -0.340 e. The number of hydrogen-bond donors (Lipinski definition) is 2. The van der Waals surface area contributed by atoms with Gasteiger partial charge in [0.1, 0.15) is 5.82 Å². The summed E-state index contributed by atoms with van der Waals surface area (Å²) >= 11 is 1.68. The highest BCUT2D eigenvalue weighted by atomic mass is 32.2. The van der Waals surface area contributed by atoms with E-state index >= 15 is 0 Å². The van der Waals surface area contributed by atoms with Gasteiger partial charge in [0.15, 0.2) is 5.17 Å². The molecule has 0 radical (unpaired) electrons. The number of aliphatic imine (C=N–C) groups is 1. The highest BCUT2D eigenvalue weighted by molar-refractivity contribution is 8.13. The van der Waals surface area contributed by atoms with E-state index in [0.717, 1.165) is 29.4 Å². The number of amides is 2. The van der Waals surface area contributed by atoms with E-state index in [1.54, 1.807) is 30.0 Å². The lowest BCUT2D eigenvalue weighted by Crippen LogP contribution is -2.43. The van der Waals surface area contributed by atoms with Crippen LogP contribution in [0.25, 0.3) is 0 Å². The van der Waals surface area contributed by atoms with E-state index in [9.17, 15) is 14.0 Å². The van der Waals surface area contributed by atoms with Gasteiger partial charge in [-0.3, -0.25) is 9.59 Å². The molecule has 182 valence electrons. The number of anilines is 2. The fourth-order valence-corrected chi connectivity index (χ4v) is 5.48. The average molecular weight is 501 g/mol. The molecule has 0 spiro atoms. The standard InChI is InChI=1S/C28H25FN4O2S/c1-18-24(27(35)31-20-10-3-2-4-11-20)25(33-15-8-16-36-28(33)30-18)19-9-7-12-21(17-19)32-26(34)22-13-5-6-14-23(22)29/h2-7,9-14,17,25H,8,15-16H2,1H3,(H,31,35)(H,32,34). The van der Waals surface area contributed by atoms with Crippen LogP contribution in [0.3, 0.4) is 0 Å². The Kier molecular flexibility index (Phi) is 6.86. The van der Waals surface area contributed by atoms with Crippen molar-refractivity contribution in [2.75, 3.05) is 22.9 Å². The van der Waals surface area contributed by atoms with Crippen molar-refractivity contribution in [3.63, 3.8) is 0 Å². The number of rotatable bonds is 5. The Morgan fingerprint density at radius 2 is 1.67 bits per heavy atom. The summed E-state index contributed by atoms with van der Waals surface area (Å²) in [5.41, 5.74) is 3.26. The summed E-state index contributed by atoms with van der Waals surface area (Å²) in [5, 5.41) is 6.69. The molecule has 3 aromatic carbocycles. The monoisotopic (exact) mass is 500 g/mol. The Labute approximate surface area is 213 Å². The van der Waals surface area contributed by atoms with Gasteiger partial charge in [-0.05, 0) is 55.3 Å². The summed E-state index contributed by atoms with van der Waals surface area (Å²) in [6.45, 7) is 2.62. The van der Waals surface area contributed by atoms with Crippen LogP contribution in [0.5, 0.6) is 0 Å². The third-order valence-corrected chi connectivity index (χ3v) is 7.19. The van der Waals surface area contributed by atoms with Crippen LogP contribution >= 0.6 is 11.8 Å². The van der Waals surface area contributed by atoms with Gasteiger partial charge < -0.3 is 15.5 Å². The third-order valence-electron chi connectivity index (χ3n) is 6.11. The maximum absolute atomic E-state index is 14.1. The first-order valence-corrected chi connectivity index (χ1v) is 12.7. The van der Waals surface area contributed by atoms with E-state index in [4.69, 9.17) is 4.99 Å². The van der Waals surface area contributed by atoms with Crippen LogP contribution in [0.2, 0.25) is 0 Å². The molecule has 2 amide bonds. The number of nitrogens with zero attached hydrogens (tertiary/aromatic N) is 2. The van der Waals surface area contributed by atoms with Crippen LogP contribution in [-0.2, 0) is 4.79 Å². The zero-order valence-corrected chi connectivity index (χ0v) is 20.5. The highest BCUT2D eigenvalue weighted by Crippen LogP contribution is 2.40. The van der Waals surface area contributed by atoms with Crippen LogP contribution in [-0.4, -0.2) is 34.2 Å². The van der Waals surface area contributed by atoms with E-state index in [1.807, 2.05) is 55.5 Å². The molecule has 0 aromatic heterocycles. The number of carbonyl (C=O) groups excluding carboxylic acids is 2. The molecule has 2 heterocycles. The zero-order chi connectivity index (χ0) is 25.1. The van der Waals surface area contributed by atoms with Gasteiger partial charge in [0.2, 0.25) is 0 Å². The predicted molar refractivity (Wildman–Crippen MR) is 143 cm³/mol. The number of halogens is 1. The number of allylic oxidation sites excluding steroid dienone is 1. The summed E-state index contributed by atoms with van der Waals surface area (Å²) in [4.78, 5) is 33.2.